The van der Waals surface area contributed by atoms with Gasteiger partial charge in [-0.2, -0.15) is 4.57 Å². The number of carbonyl (C=O) groups excluding carboxylic acids is 2. The van der Waals surface area contributed by atoms with Gasteiger partial charge in [-0.05, 0) is 0 Å². The first-order chi connectivity index (χ1) is 10.5. The molecule has 2 rings (SSSR count). The number of nitro benzene ring substituents is 1. The van der Waals surface area contributed by atoms with Gasteiger partial charge < -0.3 is 5.73 Å². The number of nitro groups is 1. The van der Waals surface area contributed by atoms with Gasteiger partial charge in [0.15, 0.2) is 18.2 Å². The summed E-state index contributed by atoms with van der Waals surface area (Å²) in [7, 11) is 0. The van der Waals surface area contributed by atoms with Gasteiger partial charge in [0, 0.05) is 35.4 Å². The number of hydrogen-bond acceptors (Lipinski definition) is 5. The number of non-ortho nitro benzene ring substituents is 1. The number of hydrogen-bond donors (Lipinski definition) is 1. The van der Waals surface area contributed by atoms with Crippen molar-refractivity contribution in [2.45, 2.75) is 6.54 Å². The Morgan fingerprint density at radius 3 is 2.36 bits per heavy atom. The van der Waals surface area contributed by atoms with E-state index in [-0.39, 0.29) is 35.9 Å². The normalized spacial score (nSPS) is 10.2. The minimum absolute atomic E-state index is 0.0261. The summed E-state index contributed by atoms with van der Waals surface area (Å²) in [5.74, 6) is -0.441. The standard InChI is InChI=1S/C15H14N3O4/c16-9-14(19)11-4-6-17(7-5-11)10-15(20)12-2-1-3-13(8-12)18(21)22/h1-8H,9-10,16H2/q+1. The van der Waals surface area contributed by atoms with Crippen molar-refractivity contribution >= 4 is 17.3 Å². The summed E-state index contributed by atoms with van der Waals surface area (Å²) < 4.78 is 1.59. The van der Waals surface area contributed by atoms with Gasteiger partial charge in [-0.15, -0.1) is 0 Å². The molecule has 0 aliphatic carbocycles. The number of ketones is 2. The third-order valence-electron chi connectivity index (χ3n) is 3.10. The molecular formula is C15H14N3O4+. The zero-order valence-corrected chi connectivity index (χ0v) is 11.6. The first kappa shape index (κ1) is 15.5. The molecule has 0 fully saturated rings. The Labute approximate surface area is 126 Å². The summed E-state index contributed by atoms with van der Waals surface area (Å²) in [5, 5.41) is 10.7. The predicted octanol–water partition coefficient (Wildman–Crippen LogP) is 0.907. The van der Waals surface area contributed by atoms with Crippen molar-refractivity contribution < 1.29 is 19.1 Å². The van der Waals surface area contributed by atoms with Crippen LogP contribution in [0.25, 0.3) is 0 Å². The van der Waals surface area contributed by atoms with Crippen molar-refractivity contribution in [3.05, 3.63) is 70.0 Å². The van der Waals surface area contributed by atoms with Gasteiger partial charge >= 0.3 is 0 Å². The topological polar surface area (TPSA) is 107 Å². The Balaban J connectivity index is 2.13. The number of nitrogens with two attached hydrogens (primary N) is 1. The molecule has 0 bridgehead atoms. The number of Topliss-reactive ketones (excluding diaryl/α,β-unsaturated/α-hetero) is 2. The number of nitrogens with zero attached hydrogens (tertiary/aromatic N) is 2. The van der Waals surface area contributed by atoms with Crippen LogP contribution in [0.1, 0.15) is 20.7 Å². The average Bonchev–Trinajstić information content (AvgIpc) is 2.54. The van der Waals surface area contributed by atoms with E-state index in [9.17, 15) is 19.7 Å². The van der Waals surface area contributed by atoms with E-state index in [2.05, 4.69) is 0 Å². The molecule has 0 saturated carbocycles. The lowest BCUT2D eigenvalue weighted by Gasteiger charge is -2.00. The Bertz CT molecular complexity index is 726. The summed E-state index contributed by atoms with van der Waals surface area (Å²) in [6, 6.07) is 8.74. The van der Waals surface area contributed by atoms with E-state index < -0.39 is 4.92 Å². The molecule has 1 aromatic heterocycles. The molecule has 7 nitrogen and oxygen atoms in total. The van der Waals surface area contributed by atoms with E-state index in [4.69, 9.17) is 5.73 Å². The van der Waals surface area contributed by atoms with Crippen LogP contribution in [-0.2, 0) is 6.54 Å². The Morgan fingerprint density at radius 2 is 1.77 bits per heavy atom. The van der Waals surface area contributed by atoms with Gasteiger partial charge in [0.1, 0.15) is 0 Å². The quantitative estimate of drug-likeness (QED) is 0.369. The lowest BCUT2D eigenvalue weighted by atomic mass is 10.1. The Morgan fingerprint density at radius 1 is 1.09 bits per heavy atom. The summed E-state index contributed by atoms with van der Waals surface area (Å²) in [6.45, 7) is -0.0467. The lowest BCUT2D eigenvalue weighted by Crippen LogP contribution is -2.37. The van der Waals surface area contributed by atoms with Crippen LogP contribution in [0.4, 0.5) is 5.69 Å². The maximum Gasteiger partial charge on any atom is 0.270 e. The maximum atomic E-state index is 12.1. The second-order valence-electron chi connectivity index (χ2n) is 4.62. The second-order valence-corrected chi connectivity index (χ2v) is 4.62. The second kappa shape index (κ2) is 6.68. The third-order valence-corrected chi connectivity index (χ3v) is 3.10. The van der Waals surface area contributed by atoms with Crippen molar-refractivity contribution in [1.29, 1.82) is 0 Å². The van der Waals surface area contributed by atoms with E-state index in [0.29, 0.717) is 5.56 Å². The average molecular weight is 300 g/mol. The Kier molecular flexibility index (Phi) is 4.70. The number of pyridine rings is 1. The minimum atomic E-state index is -0.544. The Hall–Kier alpha value is -2.93. The van der Waals surface area contributed by atoms with Crippen LogP contribution < -0.4 is 10.3 Å². The van der Waals surface area contributed by atoms with Crippen LogP contribution in [0, 0.1) is 10.1 Å². The molecule has 0 spiro atoms. The number of carbonyl (C=O) groups is 2. The fraction of sp³-hybridized carbons (Fsp3) is 0.133. The highest BCUT2D eigenvalue weighted by Gasteiger charge is 2.16. The molecule has 1 heterocycles. The molecule has 22 heavy (non-hydrogen) atoms. The largest absolute Gasteiger partial charge is 0.324 e. The number of benzene rings is 1. The molecule has 0 atom stereocenters. The van der Waals surface area contributed by atoms with Crippen molar-refractivity contribution in [3.63, 3.8) is 0 Å². The van der Waals surface area contributed by atoms with Gasteiger partial charge in [0.2, 0.25) is 12.3 Å². The SMILES string of the molecule is NCC(=O)c1cc[n+](CC(=O)c2cccc([N+](=O)[O-])c2)cc1. The fourth-order valence-electron chi connectivity index (χ4n) is 1.92. The number of aromatic nitrogens is 1. The summed E-state index contributed by atoms with van der Waals surface area (Å²) >= 11 is 0. The molecule has 0 aliphatic heterocycles. The van der Waals surface area contributed by atoms with E-state index in [0.717, 1.165) is 0 Å². The van der Waals surface area contributed by atoms with Gasteiger partial charge in [-0.1, -0.05) is 12.1 Å². The van der Waals surface area contributed by atoms with Gasteiger partial charge in [-0.3, -0.25) is 19.7 Å². The molecular weight excluding hydrogens is 286 g/mol. The van der Waals surface area contributed by atoms with E-state index in [1.807, 2.05) is 0 Å². The first-order valence-electron chi connectivity index (χ1n) is 6.51. The van der Waals surface area contributed by atoms with Crippen LogP contribution in [-0.4, -0.2) is 23.0 Å². The van der Waals surface area contributed by atoms with Crippen molar-refractivity contribution in [1.82, 2.24) is 0 Å². The van der Waals surface area contributed by atoms with Gasteiger partial charge in [0.05, 0.1) is 11.5 Å². The summed E-state index contributed by atoms with van der Waals surface area (Å²) in [6.07, 6.45) is 3.19. The monoisotopic (exact) mass is 300 g/mol. The van der Waals surface area contributed by atoms with Gasteiger partial charge in [0.25, 0.3) is 5.69 Å². The van der Waals surface area contributed by atoms with Crippen molar-refractivity contribution in [2.24, 2.45) is 5.73 Å². The molecule has 1 aromatic carbocycles. The van der Waals surface area contributed by atoms with E-state index in [1.54, 1.807) is 29.1 Å². The van der Waals surface area contributed by atoms with Crippen molar-refractivity contribution in [2.75, 3.05) is 6.54 Å². The third kappa shape index (κ3) is 3.58. The molecule has 0 amide bonds. The van der Waals surface area contributed by atoms with Crippen LogP contribution in [0.5, 0.6) is 0 Å². The molecule has 7 heteroatoms. The number of rotatable bonds is 6. The smallest absolute Gasteiger partial charge is 0.270 e. The summed E-state index contributed by atoms with van der Waals surface area (Å²) in [4.78, 5) is 33.7. The van der Waals surface area contributed by atoms with E-state index >= 15 is 0 Å². The molecule has 112 valence electrons. The van der Waals surface area contributed by atoms with Crippen LogP contribution >= 0.6 is 0 Å². The highest BCUT2D eigenvalue weighted by molar-refractivity contribution is 5.97. The van der Waals surface area contributed by atoms with Crippen LogP contribution in [0.2, 0.25) is 0 Å². The highest BCUT2D eigenvalue weighted by Crippen LogP contribution is 2.13. The molecule has 0 radical (unpaired) electrons. The maximum absolute atomic E-state index is 12.1. The minimum Gasteiger partial charge on any atom is -0.324 e. The molecule has 0 aliphatic rings. The predicted molar refractivity (Wildman–Crippen MR) is 77.4 cm³/mol. The van der Waals surface area contributed by atoms with Gasteiger partial charge in [-0.25, -0.2) is 0 Å². The zero-order chi connectivity index (χ0) is 16.1. The first-order valence-corrected chi connectivity index (χ1v) is 6.51. The molecule has 2 N–H and O–H groups in total. The summed E-state index contributed by atoms with van der Waals surface area (Å²) in [5.41, 5.74) is 5.89. The van der Waals surface area contributed by atoms with Crippen molar-refractivity contribution in [3.8, 4) is 0 Å². The molecule has 2 aromatic rings. The van der Waals surface area contributed by atoms with Crippen LogP contribution in [0.15, 0.2) is 48.8 Å². The lowest BCUT2D eigenvalue weighted by molar-refractivity contribution is -0.683. The molecule has 0 unspecified atom stereocenters. The molecule has 0 saturated heterocycles. The fourth-order valence-corrected chi connectivity index (χ4v) is 1.92. The zero-order valence-electron chi connectivity index (χ0n) is 11.6. The highest BCUT2D eigenvalue weighted by atomic mass is 16.6. The van der Waals surface area contributed by atoms with Crippen LogP contribution in [0.3, 0.4) is 0 Å². The van der Waals surface area contributed by atoms with E-state index in [1.165, 1.54) is 24.3 Å².